The zero-order valence-corrected chi connectivity index (χ0v) is 14.3. The number of aliphatic hydroxyl groups is 1. The molecule has 1 atom stereocenters. The molecule has 8 nitrogen and oxygen atoms in total. The number of benzene rings is 1. The van der Waals surface area contributed by atoms with Crippen molar-refractivity contribution in [1.82, 2.24) is 9.97 Å². The van der Waals surface area contributed by atoms with Crippen molar-refractivity contribution in [3.63, 3.8) is 0 Å². The lowest BCUT2D eigenvalue weighted by molar-refractivity contribution is -0.140. The van der Waals surface area contributed by atoms with Gasteiger partial charge in [0.1, 0.15) is 17.0 Å². The number of carboxylic acid groups (broad SMARTS) is 1. The number of carboxylic acids is 1. The Morgan fingerprint density at radius 1 is 1.29 bits per heavy atom. The molecule has 28 heavy (non-hydrogen) atoms. The molecule has 1 unspecified atom stereocenters. The van der Waals surface area contributed by atoms with Crippen LogP contribution in [0.2, 0.25) is 0 Å². The fourth-order valence-electron chi connectivity index (χ4n) is 2.64. The maximum atomic E-state index is 13.0. The quantitative estimate of drug-likeness (QED) is 0.599. The number of aliphatic hydroxyl groups excluding tert-OH is 1. The van der Waals surface area contributed by atoms with E-state index in [0.717, 1.165) is 6.07 Å². The fraction of sp³-hybridized carbons (Fsp3) is 0.235. The van der Waals surface area contributed by atoms with Crippen LogP contribution in [0.15, 0.2) is 28.7 Å². The molecule has 148 valence electrons. The molecule has 0 spiro atoms. The molecule has 3 rings (SSSR count). The second kappa shape index (κ2) is 7.09. The van der Waals surface area contributed by atoms with Crippen LogP contribution in [0.4, 0.5) is 13.2 Å². The minimum absolute atomic E-state index is 0.0853. The van der Waals surface area contributed by atoms with Gasteiger partial charge in [0.25, 0.3) is 0 Å². The van der Waals surface area contributed by atoms with E-state index >= 15 is 0 Å². The molecule has 0 aliphatic heterocycles. The standard InChI is InChI=1S/C17H14F3N3O5/c1-27-10-4-2-8(7-3-5-11(17(18,19)20)22-12(7)10)15-23-13(16(25)26)14(28-15)9(21)6-24/h2-5,9,24H,6,21H2,1H3,(H,25,26). The Bertz CT molecular complexity index is 1050. The Balaban J connectivity index is 2.26. The fourth-order valence-corrected chi connectivity index (χ4v) is 2.64. The lowest BCUT2D eigenvalue weighted by Crippen LogP contribution is -2.17. The average molecular weight is 397 g/mol. The summed E-state index contributed by atoms with van der Waals surface area (Å²) in [5, 5.41) is 18.7. The number of hydrogen-bond acceptors (Lipinski definition) is 7. The summed E-state index contributed by atoms with van der Waals surface area (Å²) < 4.78 is 49.5. The van der Waals surface area contributed by atoms with E-state index < -0.39 is 36.2 Å². The van der Waals surface area contributed by atoms with Crippen LogP contribution < -0.4 is 10.5 Å². The van der Waals surface area contributed by atoms with Crippen molar-refractivity contribution in [3.05, 3.63) is 41.4 Å². The van der Waals surface area contributed by atoms with Gasteiger partial charge >= 0.3 is 12.1 Å². The lowest BCUT2D eigenvalue weighted by Gasteiger charge is -2.11. The number of aromatic nitrogens is 2. The highest BCUT2D eigenvalue weighted by atomic mass is 19.4. The van der Waals surface area contributed by atoms with E-state index in [4.69, 9.17) is 14.9 Å². The van der Waals surface area contributed by atoms with Crippen LogP contribution in [0, 0.1) is 0 Å². The van der Waals surface area contributed by atoms with Crippen LogP contribution in [0.1, 0.15) is 28.0 Å². The summed E-state index contributed by atoms with van der Waals surface area (Å²) in [4.78, 5) is 18.9. The van der Waals surface area contributed by atoms with Crippen molar-refractivity contribution >= 4 is 16.9 Å². The van der Waals surface area contributed by atoms with Crippen LogP contribution in [-0.4, -0.2) is 39.9 Å². The van der Waals surface area contributed by atoms with Crippen LogP contribution in [0.3, 0.4) is 0 Å². The van der Waals surface area contributed by atoms with E-state index in [0.29, 0.717) is 0 Å². The zero-order valence-electron chi connectivity index (χ0n) is 14.3. The van der Waals surface area contributed by atoms with Gasteiger partial charge in [0, 0.05) is 10.9 Å². The SMILES string of the molecule is COc1ccc(-c2nc(C(=O)O)c(C(N)CO)o2)c2ccc(C(F)(F)F)nc12. The first-order valence-electron chi connectivity index (χ1n) is 7.83. The summed E-state index contributed by atoms with van der Waals surface area (Å²) in [7, 11) is 1.28. The molecule has 0 bridgehead atoms. The molecule has 0 radical (unpaired) electrons. The largest absolute Gasteiger partial charge is 0.494 e. The molecule has 0 fully saturated rings. The number of nitrogens with zero attached hydrogens (tertiary/aromatic N) is 2. The molecule has 4 N–H and O–H groups in total. The maximum Gasteiger partial charge on any atom is 0.433 e. The van der Waals surface area contributed by atoms with E-state index in [-0.39, 0.29) is 33.9 Å². The number of halogens is 3. The van der Waals surface area contributed by atoms with E-state index in [1.165, 1.54) is 25.3 Å². The Kier molecular flexibility index (Phi) is 4.96. The third-order valence-electron chi connectivity index (χ3n) is 3.95. The van der Waals surface area contributed by atoms with E-state index in [1.54, 1.807) is 0 Å². The summed E-state index contributed by atoms with van der Waals surface area (Å²) in [6.07, 6.45) is -4.66. The van der Waals surface area contributed by atoms with Gasteiger partial charge in [0.15, 0.2) is 11.5 Å². The molecule has 0 saturated heterocycles. The second-order valence-corrected chi connectivity index (χ2v) is 5.73. The second-order valence-electron chi connectivity index (χ2n) is 5.73. The van der Waals surface area contributed by atoms with Gasteiger partial charge in [0.2, 0.25) is 5.89 Å². The van der Waals surface area contributed by atoms with Crippen molar-refractivity contribution in [2.45, 2.75) is 12.2 Å². The molecular weight excluding hydrogens is 383 g/mol. The third kappa shape index (κ3) is 3.37. The van der Waals surface area contributed by atoms with Gasteiger partial charge in [-0.1, -0.05) is 0 Å². The Hall–Kier alpha value is -3.18. The van der Waals surface area contributed by atoms with Crippen LogP contribution in [-0.2, 0) is 6.18 Å². The van der Waals surface area contributed by atoms with Gasteiger partial charge in [-0.2, -0.15) is 13.2 Å². The summed E-state index contributed by atoms with van der Waals surface area (Å²) in [5.74, 6) is -1.79. The first-order valence-corrected chi connectivity index (χ1v) is 7.83. The molecule has 0 aliphatic rings. The summed E-state index contributed by atoms with van der Waals surface area (Å²) in [5.41, 5.74) is 4.12. The molecule has 3 aromatic rings. The van der Waals surface area contributed by atoms with Crippen molar-refractivity contribution in [3.8, 4) is 17.2 Å². The monoisotopic (exact) mass is 397 g/mol. The minimum atomic E-state index is -4.66. The first-order chi connectivity index (χ1) is 13.2. The van der Waals surface area contributed by atoms with Crippen molar-refractivity contribution in [2.24, 2.45) is 5.73 Å². The lowest BCUT2D eigenvalue weighted by atomic mass is 10.1. The minimum Gasteiger partial charge on any atom is -0.494 e. The van der Waals surface area contributed by atoms with Gasteiger partial charge in [0.05, 0.1) is 19.8 Å². The number of alkyl halides is 3. The highest BCUT2D eigenvalue weighted by Gasteiger charge is 2.33. The number of carbonyl (C=O) groups is 1. The number of hydrogen-bond donors (Lipinski definition) is 3. The summed E-state index contributed by atoms with van der Waals surface area (Å²) in [6.45, 7) is -0.589. The normalized spacial score (nSPS) is 12.9. The van der Waals surface area contributed by atoms with Gasteiger partial charge in [-0.05, 0) is 24.3 Å². The molecular formula is C17H14F3N3O5. The van der Waals surface area contributed by atoms with Crippen LogP contribution >= 0.6 is 0 Å². The van der Waals surface area contributed by atoms with Crippen LogP contribution in [0.5, 0.6) is 5.75 Å². The van der Waals surface area contributed by atoms with Gasteiger partial charge in [-0.15, -0.1) is 0 Å². The molecule has 1 aromatic carbocycles. The predicted octanol–water partition coefficient (Wildman–Crippen LogP) is 2.61. The zero-order chi connectivity index (χ0) is 20.6. The molecule has 0 saturated carbocycles. The Labute approximate surface area is 155 Å². The molecule has 0 aliphatic carbocycles. The number of ether oxygens (including phenoxy) is 1. The van der Waals surface area contributed by atoms with E-state index in [9.17, 15) is 28.2 Å². The van der Waals surface area contributed by atoms with Crippen molar-refractivity contribution in [2.75, 3.05) is 13.7 Å². The molecule has 11 heteroatoms. The van der Waals surface area contributed by atoms with E-state index in [1.807, 2.05) is 0 Å². The average Bonchev–Trinajstić information content (AvgIpc) is 3.10. The predicted molar refractivity (Wildman–Crippen MR) is 89.8 cm³/mol. The molecule has 2 aromatic heterocycles. The number of fused-ring (bicyclic) bond motifs is 1. The molecule has 0 amide bonds. The van der Waals surface area contributed by atoms with Crippen LogP contribution in [0.25, 0.3) is 22.4 Å². The number of aromatic carboxylic acids is 1. The van der Waals surface area contributed by atoms with Gasteiger partial charge in [-0.3, -0.25) is 0 Å². The number of nitrogens with two attached hydrogens (primary N) is 1. The Morgan fingerprint density at radius 2 is 2.00 bits per heavy atom. The topological polar surface area (TPSA) is 132 Å². The highest BCUT2D eigenvalue weighted by Crippen LogP contribution is 2.37. The maximum absolute atomic E-state index is 13.0. The first kappa shape index (κ1) is 19.6. The van der Waals surface area contributed by atoms with Gasteiger partial charge in [-0.25, -0.2) is 14.8 Å². The summed E-state index contributed by atoms with van der Waals surface area (Å²) in [6, 6.07) is 3.63. The molecule has 2 heterocycles. The van der Waals surface area contributed by atoms with Crippen molar-refractivity contribution < 1.29 is 37.3 Å². The third-order valence-corrected chi connectivity index (χ3v) is 3.95. The number of methoxy groups -OCH3 is 1. The number of oxazole rings is 1. The number of pyridine rings is 1. The Morgan fingerprint density at radius 3 is 2.57 bits per heavy atom. The van der Waals surface area contributed by atoms with E-state index in [2.05, 4.69) is 9.97 Å². The smallest absolute Gasteiger partial charge is 0.433 e. The highest BCUT2D eigenvalue weighted by molar-refractivity contribution is 5.97. The number of rotatable bonds is 5. The van der Waals surface area contributed by atoms with Crippen molar-refractivity contribution in [1.29, 1.82) is 0 Å². The summed E-state index contributed by atoms with van der Waals surface area (Å²) >= 11 is 0. The van der Waals surface area contributed by atoms with Gasteiger partial charge < -0.3 is 25.1 Å².